The first kappa shape index (κ1) is 19.0. The molecule has 0 fully saturated rings. The Labute approximate surface area is 152 Å². The highest BCUT2D eigenvalue weighted by Crippen LogP contribution is 2.26. The number of halogens is 1. The zero-order chi connectivity index (χ0) is 18.9. The number of hydrogen-bond donors (Lipinski definition) is 1. The molecule has 2 aromatic rings. The van der Waals surface area contributed by atoms with E-state index < -0.39 is 5.97 Å². The summed E-state index contributed by atoms with van der Waals surface area (Å²) in [5.74, 6) is -1.04. The molecule has 26 heavy (non-hydrogen) atoms. The van der Waals surface area contributed by atoms with Gasteiger partial charge in [-0.05, 0) is 36.8 Å². The maximum Gasteiger partial charge on any atom is 0.350 e. The predicted octanol–water partition coefficient (Wildman–Crippen LogP) is 3.65. The van der Waals surface area contributed by atoms with Gasteiger partial charge in [0.15, 0.2) is 5.57 Å². The Morgan fingerprint density at radius 3 is 2.65 bits per heavy atom. The smallest absolute Gasteiger partial charge is 0.350 e. The molecule has 0 aliphatic rings. The first-order chi connectivity index (χ1) is 12.6. The number of nitrogens with zero attached hydrogens (tertiary/aromatic N) is 2. The van der Waals surface area contributed by atoms with Crippen molar-refractivity contribution in [3.05, 3.63) is 71.7 Å². The molecule has 0 bridgehead atoms. The van der Waals surface area contributed by atoms with Crippen LogP contribution in [0.15, 0.2) is 60.3 Å². The number of nitriles is 1. The standard InChI is InChI=1S/C20H20FN3O2/c1-3-26-20(25)16(12-22)14-23-13-15-9-10-19(18(21)11-15)24(2)17-7-5-4-6-8-17/h4-11,14,23H,3,13H2,1-2H3. The number of nitrogens with one attached hydrogen (secondary N) is 1. The van der Waals surface area contributed by atoms with Crippen LogP contribution in [-0.4, -0.2) is 19.6 Å². The van der Waals surface area contributed by atoms with Crippen molar-refractivity contribution in [1.29, 1.82) is 5.26 Å². The summed E-state index contributed by atoms with van der Waals surface area (Å²) >= 11 is 0. The van der Waals surface area contributed by atoms with E-state index in [0.29, 0.717) is 11.3 Å². The van der Waals surface area contributed by atoms with Gasteiger partial charge in [0.2, 0.25) is 0 Å². The van der Waals surface area contributed by atoms with Gasteiger partial charge in [-0.15, -0.1) is 0 Å². The highest BCUT2D eigenvalue weighted by Gasteiger charge is 2.11. The molecule has 0 heterocycles. The zero-order valence-electron chi connectivity index (χ0n) is 14.7. The fourth-order valence-corrected chi connectivity index (χ4v) is 2.34. The van der Waals surface area contributed by atoms with E-state index >= 15 is 0 Å². The maximum atomic E-state index is 14.5. The lowest BCUT2D eigenvalue weighted by Gasteiger charge is -2.20. The van der Waals surface area contributed by atoms with Crippen LogP contribution in [0.2, 0.25) is 0 Å². The number of rotatable bonds is 7. The van der Waals surface area contributed by atoms with Gasteiger partial charge in [0, 0.05) is 25.5 Å². The molecule has 0 radical (unpaired) electrons. The molecule has 134 valence electrons. The summed E-state index contributed by atoms with van der Waals surface area (Å²) in [5, 5.41) is 11.8. The van der Waals surface area contributed by atoms with Crippen LogP contribution in [0.3, 0.4) is 0 Å². The monoisotopic (exact) mass is 353 g/mol. The Bertz CT molecular complexity index is 829. The SMILES string of the molecule is CCOC(=O)C(C#N)=CNCc1ccc(N(C)c2ccccc2)c(F)c1. The summed E-state index contributed by atoms with van der Waals surface area (Å²) in [4.78, 5) is 13.3. The van der Waals surface area contributed by atoms with Crippen molar-refractivity contribution in [2.24, 2.45) is 0 Å². The van der Waals surface area contributed by atoms with E-state index in [0.717, 1.165) is 5.69 Å². The molecule has 0 aromatic heterocycles. The van der Waals surface area contributed by atoms with Crippen molar-refractivity contribution in [2.75, 3.05) is 18.6 Å². The third-order valence-electron chi connectivity index (χ3n) is 3.69. The average molecular weight is 353 g/mol. The lowest BCUT2D eigenvalue weighted by atomic mass is 10.1. The second-order valence-corrected chi connectivity index (χ2v) is 5.45. The summed E-state index contributed by atoms with van der Waals surface area (Å²) in [6, 6.07) is 16.2. The van der Waals surface area contributed by atoms with Crippen LogP contribution in [0.5, 0.6) is 0 Å². The second-order valence-electron chi connectivity index (χ2n) is 5.45. The van der Waals surface area contributed by atoms with Gasteiger partial charge in [-0.1, -0.05) is 24.3 Å². The minimum Gasteiger partial charge on any atom is -0.462 e. The van der Waals surface area contributed by atoms with Gasteiger partial charge in [0.1, 0.15) is 11.9 Å². The number of carbonyl (C=O) groups is 1. The summed E-state index contributed by atoms with van der Waals surface area (Å²) in [6.07, 6.45) is 1.28. The van der Waals surface area contributed by atoms with Crippen LogP contribution in [0.4, 0.5) is 15.8 Å². The van der Waals surface area contributed by atoms with Crippen molar-refractivity contribution < 1.29 is 13.9 Å². The Balaban J connectivity index is 2.06. The molecule has 5 nitrogen and oxygen atoms in total. The number of benzene rings is 2. The van der Waals surface area contributed by atoms with Gasteiger partial charge in [-0.2, -0.15) is 5.26 Å². The largest absolute Gasteiger partial charge is 0.462 e. The van der Waals surface area contributed by atoms with E-state index in [1.807, 2.05) is 30.3 Å². The number of hydrogen-bond acceptors (Lipinski definition) is 5. The topological polar surface area (TPSA) is 65.4 Å². The molecule has 0 amide bonds. The molecular weight excluding hydrogens is 333 g/mol. The Morgan fingerprint density at radius 1 is 1.31 bits per heavy atom. The Hall–Kier alpha value is -3.33. The average Bonchev–Trinajstić information content (AvgIpc) is 2.65. The molecule has 0 atom stereocenters. The molecule has 0 saturated carbocycles. The molecule has 2 aromatic carbocycles. The summed E-state index contributed by atoms with van der Waals surface area (Å²) in [7, 11) is 1.80. The van der Waals surface area contributed by atoms with Crippen LogP contribution < -0.4 is 10.2 Å². The molecule has 0 unspecified atom stereocenters. The number of esters is 1. The third kappa shape index (κ3) is 4.84. The number of carbonyl (C=O) groups excluding carboxylic acids is 1. The minimum atomic E-state index is -0.687. The molecule has 0 aliphatic heterocycles. The van der Waals surface area contributed by atoms with Crippen molar-refractivity contribution >= 4 is 17.3 Å². The van der Waals surface area contributed by atoms with Gasteiger partial charge < -0.3 is 15.0 Å². The fourth-order valence-electron chi connectivity index (χ4n) is 2.34. The van der Waals surface area contributed by atoms with Gasteiger partial charge >= 0.3 is 5.97 Å². The molecule has 2 rings (SSSR count). The van der Waals surface area contributed by atoms with E-state index in [1.165, 1.54) is 12.3 Å². The van der Waals surface area contributed by atoms with E-state index in [1.54, 1.807) is 37.1 Å². The van der Waals surface area contributed by atoms with Crippen molar-refractivity contribution in [3.63, 3.8) is 0 Å². The molecule has 6 heteroatoms. The summed E-state index contributed by atoms with van der Waals surface area (Å²) in [5.41, 5.74) is 1.89. The van der Waals surface area contributed by atoms with E-state index in [9.17, 15) is 9.18 Å². The van der Waals surface area contributed by atoms with Crippen LogP contribution in [0.25, 0.3) is 0 Å². The van der Waals surface area contributed by atoms with Crippen molar-refractivity contribution in [3.8, 4) is 6.07 Å². The van der Waals surface area contributed by atoms with E-state index in [2.05, 4.69) is 5.32 Å². The Kier molecular flexibility index (Phi) is 6.75. The molecule has 0 spiro atoms. The highest BCUT2D eigenvalue weighted by atomic mass is 19.1. The van der Waals surface area contributed by atoms with Crippen LogP contribution >= 0.6 is 0 Å². The Morgan fingerprint density at radius 2 is 2.04 bits per heavy atom. The number of ether oxygens (including phenoxy) is 1. The van der Waals surface area contributed by atoms with Gasteiger partial charge in [-0.3, -0.25) is 0 Å². The molecular formula is C20H20FN3O2. The number of para-hydroxylation sites is 1. The van der Waals surface area contributed by atoms with E-state index in [-0.39, 0.29) is 24.5 Å². The molecule has 1 N–H and O–H groups in total. The molecule has 0 saturated heterocycles. The quantitative estimate of drug-likeness (QED) is 0.468. The fraction of sp³-hybridized carbons (Fsp3) is 0.200. The highest BCUT2D eigenvalue weighted by molar-refractivity contribution is 5.92. The van der Waals surface area contributed by atoms with Crippen molar-refractivity contribution in [2.45, 2.75) is 13.5 Å². The summed E-state index contributed by atoms with van der Waals surface area (Å²) in [6.45, 7) is 2.13. The van der Waals surface area contributed by atoms with Crippen LogP contribution in [0, 0.1) is 17.1 Å². The first-order valence-corrected chi connectivity index (χ1v) is 8.14. The van der Waals surface area contributed by atoms with Crippen LogP contribution in [0.1, 0.15) is 12.5 Å². The minimum absolute atomic E-state index is 0.132. The second kappa shape index (κ2) is 9.23. The normalized spacial score (nSPS) is 10.8. The maximum absolute atomic E-state index is 14.5. The van der Waals surface area contributed by atoms with Crippen molar-refractivity contribution in [1.82, 2.24) is 5.32 Å². The predicted molar refractivity (Wildman–Crippen MR) is 98.1 cm³/mol. The molecule has 0 aliphatic carbocycles. The van der Waals surface area contributed by atoms with Gasteiger partial charge in [-0.25, -0.2) is 9.18 Å². The van der Waals surface area contributed by atoms with Crippen LogP contribution in [-0.2, 0) is 16.1 Å². The first-order valence-electron chi connectivity index (χ1n) is 8.14. The zero-order valence-corrected chi connectivity index (χ0v) is 14.7. The van der Waals surface area contributed by atoms with Gasteiger partial charge in [0.25, 0.3) is 0 Å². The van der Waals surface area contributed by atoms with Gasteiger partial charge in [0.05, 0.1) is 12.3 Å². The third-order valence-corrected chi connectivity index (χ3v) is 3.69. The lowest BCUT2D eigenvalue weighted by molar-refractivity contribution is -0.138. The summed E-state index contributed by atoms with van der Waals surface area (Å²) < 4.78 is 19.2. The number of anilines is 2. The lowest BCUT2D eigenvalue weighted by Crippen LogP contribution is -2.13. The van der Waals surface area contributed by atoms with E-state index in [4.69, 9.17) is 10.00 Å².